The lowest BCUT2D eigenvalue weighted by atomic mass is 9.93. The third-order valence-electron chi connectivity index (χ3n) is 5.21. The first kappa shape index (κ1) is 21.8. The van der Waals surface area contributed by atoms with Crippen molar-refractivity contribution in [1.29, 1.82) is 0 Å². The zero-order chi connectivity index (χ0) is 21.8. The lowest BCUT2D eigenvalue weighted by Crippen LogP contribution is -2.28. The van der Waals surface area contributed by atoms with E-state index >= 15 is 0 Å². The van der Waals surface area contributed by atoms with Gasteiger partial charge in [0.15, 0.2) is 0 Å². The molecule has 0 spiro atoms. The van der Waals surface area contributed by atoms with Crippen LogP contribution in [0.3, 0.4) is 0 Å². The van der Waals surface area contributed by atoms with Gasteiger partial charge in [-0.25, -0.2) is 0 Å². The van der Waals surface area contributed by atoms with Crippen LogP contribution in [0.25, 0.3) is 0 Å². The molecule has 1 N–H and O–H groups in total. The van der Waals surface area contributed by atoms with Gasteiger partial charge in [-0.2, -0.15) is 0 Å². The van der Waals surface area contributed by atoms with E-state index in [1.165, 1.54) is 22.2 Å². The normalized spacial score (nSPS) is 15.4. The Morgan fingerprint density at radius 3 is 1.87 bits per heavy atom. The summed E-state index contributed by atoms with van der Waals surface area (Å²) in [5.74, 6) is 1.19. The van der Waals surface area contributed by atoms with E-state index in [1.807, 2.05) is 39.0 Å². The van der Waals surface area contributed by atoms with Crippen molar-refractivity contribution in [1.82, 2.24) is 0 Å². The van der Waals surface area contributed by atoms with Gasteiger partial charge in [-0.1, -0.05) is 99.6 Å². The molecule has 0 atom stereocenters. The second kappa shape index (κ2) is 9.37. The predicted octanol–water partition coefficient (Wildman–Crippen LogP) is 5.89. The van der Waals surface area contributed by atoms with Crippen molar-refractivity contribution in [3.8, 4) is 0 Å². The summed E-state index contributed by atoms with van der Waals surface area (Å²) in [5, 5.41) is 5.78. The van der Waals surface area contributed by atoms with Crippen molar-refractivity contribution in [3.63, 3.8) is 0 Å². The van der Waals surface area contributed by atoms with E-state index in [-0.39, 0.29) is 5.91 Å². The van der Waals surface area contributed by atoms with E-state index in [1.54, 1.807) is 0 Å². The standard InChI is InChI=1S/C28H27NOP/c1-28(2,3)27(30)29-25-19-11-10-17-23(25)24-18-12-20-26(24)31(21-13-6-4-7-14-21)22-15-8-5-9-16-22/h4-20H,1-3H3,(H,29,30). The van der Waals surface area contributed by atoms with Gasteiger partial charge in [-0.05, 0) is 49.4 Å². The number of carbonyl (C=O) groups excluding carboxylic acids is 1. The predicted molar refractivity (Wildman–Crippen MR) is 132 cm³/mol. The molecule has 31 heavy (non-hydrogen) atoms. The number of amides is 1. The average molecular weight is 425 g/mol. The Labute approximate surface area is 187 Å². The van der Waals surface area contributed by atoms with Crippen LogP contribution < -0.4 is 15.9 Å². The summed E-state index contributed by atoms with van der Waals surface area (Å²) in [5.41, 5.74) is 2.75. The van der Waals surface area contributed by atoms with Crippen molar-refractivity contribution in [2.45, 2.75) is 20.8 Å². The molecule has 3 aromatic carbocycles. The average Bonchev–Trinajstić information content (AvgIpc) is 3.24. The maximum Gasteiger partial charge on any atom is 0.229 e. The molecule has 3 heteroatoms. The van der Waals surface area contributed by atoms with E-state index in [9.17, 15) is 4.79 Å². The van der Waals surface area contributed by atoms with E-state index in [4.69, 9.17) is 0 Å². The fourth-order valence-electron chi connectivity index (χ4n) is 3.55. The molecule has 1 amide bonds. The molecule has 0 aromatic heterocycles. The summed E-state index contributed by atoms with van der Waals surface area (Å²) < 4.78 is 0. The molecule has 155 valence electrons. The van der Waals surface area contributed by atoms with Crippen LogP contribution in [-0.4, -0.2) is 5.91 Å². The van der Waals surface area contributed by atoms with Gasteiger partial charge in [0.1, 0.15) is 0 Å². The van der Waals surface area contributed by atoms with Crippen molar-refractivity contribution < 1.29 is 4.79 Å². The molecule has 4 rings (SSSR count). The molecule has 3 aromatic rings. The molecular formula is C28H27NOP. The summed E-state index contributed by atoms with van der Waals surface area (Å²) in [4.78, 5) is 12.7. The van der Waals surface area contributed by atoms with Crippen molar-refractivity contribution in [3.05, 3.63) is 121 Å². The van der Waals surface area contributed by atoms with Gasteiger partial charge in [0.05, 0.1) is 0 Å². The van der Waals surface area contributed by atoms with Crippen LogP contribution in [0, 0.1) is 36.3 Å². The quantitative estimate of drug-likeness (QED) is 0.509. The van der Waals surface area contributed by atoms with Gasteiger partial charge in [0.25, 0.3) is 0 Å². The highest BCUT2D eigenvalue weighted by Gasteiger charge is 2.39. The maximum absolute atomic E-state index is 12.7. The third kappa shape index (κ3) is 4.91. The Kier molecular flexibility index (Phi) is 6.58. The maximum atomic E-state index is 12.7. The minimum absolute atomic E-state index is 0.0152. The number of benzene rings is 3. The van der Waals surface area contributed by atoms with Gasteiger partial charge in [0, 0.05) is 22.7 Å². The Morgan fingerprint density at radius 1 is 0.742 bits per heavy atom. The van der Waals surface area contributed by atoms with Gasteiger partial charge < -0.3 is 5.32 Å². The molecule has 0 bridgehead atoms. The Bertz CT molecular complexity index is 970. The van der Waals surface area contributed by atoms with E-state index in [0.29, 0.717) is 0 Å². The number of nitrogens with one attached hydrogen (secondary N) is 1. The van der Waals surface area contributed by atoms with E-state index in [2.05, 4.69) is 91.3 Å². The van der Waals surface area contributed by atoms with Crippen LogP contribution >= 0.6 is 7.92 Å². The molecule has 1 aliphatic rings. The summed E-state index contributed by atoms with van der Waals surface area (Å²) in [6.45, 7) is 5.80. The highest BCUT2D eigenvalue weighted by atomic mass is 31.1. The van der Waals surface area contributed by atoms with Gasteiger partial charge in [-0.3, -0.25) is 4.79 Å². The molecule has 1 saturated carbocycles. The molecular weight excluding hydrogens is 397 g/mol. The molecule has 5 radical (unpaired) electrons. The smallest absolute Gasteiger partial charge is 0.229 e. The van der Waals surface area contributed by atoms with Gasteiger partial charge in [0.2, 0.25) is 5.91 Å². The monoisotopic (exact) mass is 424 g/mol. The first-order chi connectivity index (χ1) is 14.9. The zero-order valence-electron chi connectivity index (χ0n) is 18.2. The van der Waals surface area contributed by atoms with Crippen LogP contribution in [0.15, 0.2) is 84.9 Å². The van der Waals surface area contributed by atoms with Crippen LogP contribution in [0.2, 0.25) is 0 Å². The number of rotatable bonds is 5. The second-order valence-corrected chi connectivity index (χ2v) is 10.8. The number of anilines is 1. The lowest BCUT2D eigenvalue weighted by molar-refractivity contribution is -0.123. The SMILES string of the molecule is CC(C)(C)C(=O)Nc1ccccc1[C]1[CH][CH][CH][C]1P(c1ccccc1)c1ccccc1. The number of hydrogen-bond acceptors (Lipinski definition) is 1. The Hall–Kier alpha value is -2.44. The molecule has 0 aliphatic heterocycles. The first-order valence-electron chi connectivity index (χ1n) is 10.5. The minimum atomic E-state index is -0.721. The highest BCUT2D eigenvalue weighted by molar-refractivity contribution is 7.76. The zero-order valence-corrected chi connectivity index (χ0v) is 19.1. The lowest BCUT2D eigenvalue weighted by Gasteiger charge is -2.30. The fourth-order valence-corrected chi connectivity index (χ4v) is 6.02. The minimum Gasteiger partial charge on any atom is -0.325 e. The second-order valence-electron chi connectivity index (χ2n) is 8.58. The largest absolute Gasteiger partial charge is 0.325 e. The molecule has 1 aliphatic carbocycles. The van der Waals surface area contributed by atoms with Gasteiger partial charge in [-0.15, -0.1) is 0 Å². The summed E-state index contributed by atoms with van der Waals surface area (Å²) in [6.07, 6.45) is 6.51. The van der Waals surface area contributed by atoms with E-state index < -0.39 is 13.3 Å². The molecule has 2 nitrogen and oxygen atoms in total. The van der Waals surface area contributed by atoms with Crippen molar-refractivity contribution in [2.24, 2.45) is 5.41 Å². The molecule has 0 saturated heterocycles. The molecule has 1 fully saturated rings. The van der Waals surface area contributed by atoms with Crippen molar-refractivity contribution in [2.75, 3.05) is 5.32 Å². The van der Waals surface area contributed by atoms with Crippen LogP contribution in [0.5, 0.6) is 0 Å². The third-order valence-corrected chi connectivity index (χ3v) is 7.71. The van der Waals surface area contributed by atoms with Crippen molar-refractivity contribution >= 4 is 30.1 Å². The number of para-hydroxylation sites is 1. The number of carbonyl (C=O) groups is 1. The van der Waals surface area contributed by atoms with E-state index in [0.717, 1.165) is 11.3 Å². The highest BCUT2D eigenvalue weighted by Crippen LogP contribution is 2.58. The Balaban J connectivity index is 1.73. The van der Waals surface area contributed by atoms with Gasteiger partial charge >= 0.3 is 0 Å². The Morgan fingerprint density at radius 2 is 1.29 bits per heavy atom. The first-order valence-corrected chi connectivity index (χ1v) is 11.9. The number of hydrogen-bond donors (Lipinski definition) is 1. The van der Waals surface area contributed by atoms with Crippen LogP contribution in [-0.2, 0) is 4.79 Å². The van der Waals surface area contributed by atoms with Crippen LogP contribution in [0.1, 0.15) is 26.3 Å². The molecule has 0 heterocycles. The molecule has 0 unspecified atom stereocenters. The summed E-state index contributed by atoms with van der Waals surface area (Å²) in [6, 6.07) is 29.5. The fraction of sp³-hybridized carbons (Fsp3) is 0.143. The summed E-state index contributed by atoms with van der Waals surface area (Å²) >= 11 is 0. The van der Waals surface area contributed by atoms with Crippen LogP contribution in [0.4, 0.5) is 5.69 Å². The summed E-state index contributed by atoms with van der Waals surface area (Å²) in [7, 11) is -0.721. The topological polar surface area (TPSA) is 29.1 Å².